The zero-order chi connectivity index (χ0) is 38.6. The molecule has 0 saturated heterocycles. The van der Waals surface area contributed by atoms with E-state index in [4.69, 9.17) is 0 Å². The average molecular weight is 738 g/mol. The summed E-state index contributed by atoms with van der Waals surface area (Å²) in [6.45, 7) is 0. The van der Waals surface area contributed by atoms with Crippen molar-refractivity contribution < 1.29 is 0 Å². The van der Waals surface area contributed by atoms with E-state index in [9.17, 15) is 5.26 Å². The first-order chi connectivity index (χ1) is 28.7. The van der Waals surface area contributed by atoms with Crippen LogP contribution in [0.3, 0.4) is 0 Å². The van der Waals surface area contributed by atoms with Crippen LogP contribution in [-0.2, 0) is 0 Å². The number of rotatable bonds is 6. The first-order valence-corrected chi connectivity index (χ1v) is 19.6. The number of nitriles is 1. The summed E-state index contributed by atoms with van der Waals surface area (Å²) in [6.07, 6.45) is 0. The third-order valence-corrected chi connectivity index (χ3v) is 11.6. The van der Waals surface area contributed by atoms with Gasteiger partial charge in [-0.1, -0.05) is 127 Å². The van der Waals surface area contributed by atoms with E-state index in [1.54, 1.807) is 0 Å². The van der Waals surface area contributed by atoms with Crippen LogP contribution in [0, 0.1) is 11.3 Å². The van der Waals surface area contributed by atoms with Crippen LogP contribution in [0.5, 0.6) is 0 Å². The third-order valence-electron chi connectivity index (χ3n) is 11.6. The molecular formula is C55H35N3. The lowest BCUT2D eigenvalue weighted by molar-refractivity contribution is 1.18. The van der Waals surface area contributed by atoms with Gasteiger partial charge in [0.2, 0.25) is 0 Å². The summed E-state index contributed by atoms with van der Waals surface area (Å²) in [4.78, 5) is 0. The van der Waals surface area contributed by atoms with E-state index in [0.29, 0.717) is 5.56 Å². The van der Waals surface area contributed by atoms with Crippen LogP contribution in [0.15, 0.2) is 212 Å². The smallest absolute Gasteiger partial charge is 0.0991 e. The lowest BCUT2D eigenvalue weighted by Crippen LogP contribution is -1.94. The van der Waals surface area contributed by atoms with Crippen LogP contribution in [0.2, 0.25) is 0 Å². The highest BCUT2D eigenvalue weighted by atomic mass is 15.0. The zero-order valence-corrected chi connectivity index (χ0v) is 31.5. The second-order valence-electron chi connectivity index (χ2n) is 14.9. The zero-order valence-electron chi connectivity index (χ0n) is 31.5. The maximum Gasteiger partial charge on any atom is 0.0991 e. The van der Waals surface area contributed by atoms with Gasteiger partial charge in [-0.15, -0.1) is 0 Å². The quantitative estimate of drug-likeness (QED) is 0.167. The minimum absolute atomic E-state index is 0.651. The second-order valence-corrected chi connectivity index (χ2v) is 14.9. The summed E-state index contributed by atoms with van der Waals surface area (Å²) in [5.41, 5.74) is 17.0. The molecule has 0 saturated carbocycles. The molecule has 0 aliphatic carbocycles. The van der Waals surface area contributed by atoms with E-state index in [1.807, 2.05) is 24.3 Å². The molecule has 0 radical (unpaired) electrons. The van der Waals surface area contributed by atoms with Crippen molar-refractivity contribution in [3.63, 3.8) is 0 Å². The van der Waals surface area contributed by atoms with E-state index >= 15 is 0 Å². The number of benzene rings is 9. The van der Waals surface area contributed by atoms with Crippen molar-refractivity contribution in [3.8, 4) is 62.0 Å². The first kappa shape index (κ1) is 33.4. The Balaban J connectivity index is 1.01. The molecule has 0 N–H and O–H groups in total. The van der Waals surface area contributed by atoms with Gasteiger partial charge in [0.15, 0.2) is 0 Å². The maximum absolute atomic E-state index is 9.47. The molecule has 0 aliphatic rings. The minimum Gasteiger partial charge on any atom is -0.309 e. The average Bonchev–Trinajstić information content (AvgIpc) is 3.81. The Hall–Kier alpha value is -7.93. The lowest BCUT2D eigenvalue weighted by atomic mass is 9.97. The summed E-state index contributed by atoms with van der Waals surface area (Å²) in [5, 5.41) is 14.3. The van der Waals surface area contributed by atoms with Gasteiger partial charge >= 0.3 is 0 Å². The Morgan fingerprint density at radius 3 is 0.914 bits per heavy atom. The Bertz CT molecular complexity index is 3350. The number of hydrogen-bond acceptors (Lipinski definition) is 1. The van der Waals surface area contributed by atoms with Crippen molar-refractivity contribution in [2.24, 2.45) is 0 Å². The molecule has 2 aromatic heterocycles. The van der Waals surface area contributed by atoms with E-state index < -0.39 is 0 Å². The van der Waals surface area contributed by atoms with Gasteiger partial charge in [0.05, 0.1) is 33.7 Å². The molecule has 0 fully saturated rings. The van der Waals surface area contributed by atoms with Crippen molar-refractivity contribution in [3.05, 3.63) is 218 Å². The molecular weight excluding hydrogens is 703 g/mol. The number of nitrogens with zero attached hydrogens (tertiary/aromatic N) is 3. The van der Waals surface area contributed by atoms with Crippen LogP contribution in [-0.4, -0.2) is 9.13 Å². The van der Waals surface area contributed by atoms with Crippen molar-refractivity contribution in [2.45, 2.75) is 0 Å². The van der Waals surface area contributed by atoms with Gasteiger partial charge in [-0.25, -0.2) is 0 Å². The van der Waals surface area contributed by atoms with Crippen molar-refractivity contribution >= 4 is 43.6 Å². The van der Waals surface area contributed by atoms with Gasteiger partial charge in [0, 0.05) is 32.9 Å². The number of aromatic nitrogens is 2. The van der Waals surface area contributed by atoms with Crippen LogP contribution < -0.4 is 0 Å². The lowest BCUT2D eigenvalue weighted by Gasteiger charge is -2.09. The van der Waals surface area contributed by atoms with Crippen molar-refractivity contribution in [2.75, 3.05) is 0 Å². The Labute approximate surface area is 336 Å². The van der Waals surface area contributed by atoms with Crippen LogP contribution in [0.1, 0.15) is 5.56 Å². The molecule has 0 bridgehead atoms. The summed E-state index contributed by atoms with van der Waals surface area (Å²) in [5.74, 6) is 0. The third kappa shape index (κ3) is 5.59. The predicted molar refractivity (Wildman–Crippen MR) is 242 cm³/mol. The van der Waals surface area contributed by atoms with E-state index in [2.05, 4.69) is 203 Å². The summed E-state index contributed by atoms with van der Waals surface area (Å²) in [6, 6.07) is 78.2. The molecule has 0 unspecified atom stereocenters. The van der Waals surface area contributed by atoms with Crippen LogP contribution in [0.4, 0.5) is 0 Å². The molecule has 3 nitrogen and oxygen atoms in total. The molecule has 11 rings (SSSR count). The molecule has 9 aromatic carbocycles. The maximum atomic E-state index is 9.47. The summed E-state index contributed by atoms with van der Waals surface area (Å²) >= 11 is 0. The van der Waals surface area contributed by atoms with Crippen molar-refractivity contribution in [1.29, 1.82) is 5.26 Å². The second kappa shape index (κ2) is 13.7. The molecule has 3 heteroatoms. The molecule has 270 valence electrons. The Kier molecular flexibility index (Phi) is 7.88. The number of hydrogen-bond donors (Lipinski definition) is 0. The highest BCUT2D eigenvalue weighted by Gasteiger charge is 2.17. The van der Waals surface area contributed by atoms with Gasteiger partial charge in [-0.05, 0) is 129 Å². The molecule has 0 spiro atoms. The largest absolute Gasteiger partial charge is 0.309 e. The van der Waals surface area contributed by atoms with Gasteiger partial charge < -0.3 is 9.13 Å². The van der Waals surface area contributed by atoms with Gasteiger partial charge in [-0.3, -0.25) is 0 Å². The molecule has 0 atom stereocenters. The number of para-hydroxylation sites is 1. The van der Waals surface area contributed by atoms with Gasteiger partial charge in [0.1, 0.15) is 0 Å². The molecule has 0 aliphatic heterocycles. The summed E-state index contributed by atoms with van der Waals surface area (Å²) in [7, 11) is 0. The fourth-order valence-corrected chi connectivity index (χ4v) is 8.70. The van der Waals surface area contributed by atoms with Crippen LogP contribution in [0.25, 0.3) is 99.5 Å². The summed E-state index contributed by atoms with van der Waals surface area (Å²) < 4.78 is 4.69. The molecule has 2 heterocycles. The van der Waals surface area contributed by atoms with E-state index in [-0.39, 0.29) is 0 Å². The Morgan fingerprint density at radius 2 is 0.569 bits per heavy atom. The highest BCUT2D eigenvalue weighted by Crippen LogP contribution is 2.40. The number of fused-ring (bicyclic) bond motifs is 6. The SMILES string of the molecule is N#Cc1ccc(-n2c3ccc(-c4ccccc4)cc3c3cc(-c4ccc(-c5ccc6c(c5)c5cc(-c7ccccc7)ccc5n6-c5ccccc5)cc4)ccc32)cc1. The predicted octanol–water partition coefficient (Wildman–Crippen LogP) is 14.4. The fourth-order valence-electron chi connectivity index (χ4n) is 8.70. The monoisotopic (exact) mass is 737 g/mol. The van der Waals surface area contributed by atoms with Crippen LogP contribution >= 0.6 is 0 Å². The minimum atomic E-state index is 0.651. The fraction of sp³-hybridized carbons (Fsp3) is 0. The highest BCUT2D eigenvalue weighted by molar-refractivity contribution is 6.13. The standard InChI is InChI=1S/C55H35N3/c56-36-37-16-26-47(27-17-37)58-54-29-23-43(39-12-6-2-7-13-39)33-49(54)51-35-45(25-31-55(51)58)41-20-18-40(19-21-41)44-24-30-53-50(34-44)48-32-42(38-10-4-1-5-11-38)22-28-52(48)57(53)46-14-8-3-9-15-46/h1-35H. The normalized spacial score (nSPS) is 11.4. The van der Waals surface area contributed by atoms with E-state index in [1.165, 1.54) is 71.5 Å². The van der Waals surface area contributed by atoms with Crippen molar-refractivity contribution in [1.82, 2.24) is 9.13 Å². The van der Waals surface area contributed by atoms with Gasteiger partial charge in [0.25, 0.3) is 0 Å². The first-order valence-electron chi connectivity index (χ1n) is 19.6. The van der Waals surface area contributed by atoms with Gasteiger partial charge in [-0.2, -0.15) is 5.26 Å². The molecule has 11 aromatic rings. The van der Waals surface area contributed by atoms with E-state index in [0.717, 1.165) is 28.0 Å². The topological polar surface area (TPSA) is 33.6 Å². The molecule has 58 heavy (non-hydrogen) atoms. The molecule has 0 amide bonds. The Morgan fingerprint density at radius 1 is 0.276 bits per heavy atom.